The van der Waals surface area contributed by atoms with E-state index >= 15 is 0 Å². The van der Waals surface area contributed by atoms with Gasteiger partial charge in [0.2, 0.25) is 0 Å². The highest BCUT2D eigenvalue weighted by Gasteiger charge is 2.40. The third-order valence-electron chi connectivity index (χ3n) is 4.74. The van der Waals surface area contributed by atoms with Gasteiger partial charge in [-0.05, 0) is 60.7 Å². The van der Waals surface area contributed by atoms with Crippen molar-refractivity contribution in [3.63, 3.8) is 0 Å². The van der Waals surface area contributed by atoms with E-state index in [9.17, 15) is 0 Å². The van der Waals surface area contributed by atoms with Gasteiger partial charge in [-0.3, -0.25) is 0 Å². The molecule has 2 nitrogen and oxygen atoms in total. The van der Waals surface area contributed by atoms with Crippen molar-refractivity contribution in [1.82, 2.24) is 0 Å². The van der Waals surface area contributed by atoms with Crippen molar-refractivity contribution in [2.75, 3.05) is 13.2 Å². The molecule has 0 fully saturated rings. The Kier molecular flexibility index (Phi) is 2.77. The minimum atomic E-state index is 0.320. The van der Waals surface area contributed by atoms with Gasteiger partial charge >= 0.3 is 0 Å². The van der Waals surface area contributed by atoms with E-state index in [4.69, 9.17) is 9.47 Å². The van der Waals surface area contributed by atoms with Crippen LogP contribution in [0.1, 0.15) is 29.0 Å². The first-order valence-electron chi connectivity index (χ1n) is 7.36. The molecule has 0 saturated heterocycles. The van der Waals surface area contributed by atoms with Crippen LogP contribution in [0, 0.1) is 0 Å². The molecule has 2 aromatic rings. The van der Waals surface area contributed by atoms with E-state index < -0.39 is 0 Å². The van der Waals surface area contributed by atoms with Crippen LogP contribution in [-0.2, 0) is 0 Å². The number of hydrogen-bond acceptors (Lipinski definition) is 2. The van der Waals surface area contributed by atoms with Crippen molar-refractivity contribution >= 4 is 43.0 Å². The predicted molar refractivity (Wildman–Crippen MR) is 93.4 cm³/mol. The summed E-state index contributed by atoms with van der Waals surface area (Å²) < 4.78 is 14.1. The van der Waals surface area contributed by atoms with Gasteiger partial charge in [-0.15, -0.1) is 0 Å². The van der Waals surface area contributed by atoms with Crippen LogP contribution in [0.15, 0.2) is 39.3 Å². The molecule has 2 aliphatic heterocycles. The normalized spacial score (nSPS) is 20.7. The summed E-state index contributed by atoms with van der Waals surface area (Å²) >= 11 is 7.24. The number of hydrogen-bond donors (Lipinski definition) is 0. The summed E-state index contributed by atoms with van der Waals surface area (Å²) in [5.41, 5.74) is 6.72. The van der Waals surface area contributed by atoms with Crippen LogP contribution < -0.4 is 9.47 Å². The fourth-order valence-corrected chi connectivity index (χ4v) is 4.81. The van der Waals surface area contributed by atoms with Crippen LogP contribution in [0.3, 0.4) is 0 Å². The average Bonchev–Trinajstić information content (AvgIpc) is 2.87. The molecule has 1 unspecified atom stereocenters. The van der Waals surface area contributed by atoms with Crippen LogP contribution in [0.25, 0.3) is 11.1 Å². The maximum absolute atomic E-state index is 6.07. The number of rotatable bonds is 0. The lowest BCUT2D eigenvalue weighted by Crippen LogP contribution is -2.16. The Hall–Kier alpha value is -1.26. The lowest BCUT2D eigenvalue weighted by atomic mass is 9.88. The van der Waals surface area contributed by atoms with E-state index in [-0.39, 0.29) is 0 Å². The van der Waals surface area contributed by atoms with Crippen molar-refractivity contribution in [2.45, 2.75) is 12.3 Å². The summed E-state index contributed by atoms with van der Waals surface area (Å²) in [7, 11) is 0. The summed E-state index contributed by atoms with van der Waals surface area (Å²) in [4.78, 5) is 0. The fourth-order valence-electron chi connectivity index (χ4n) is 3.89. The Bertz CT molecular complexity index is 854. The number of fused-ring (bicyclic) bond motifs is 4. The Morgan fingerprint density at radius 3 is 2.73 bits per heavy atom. The van der Waals surface area contributed by atoms with E-state index in [1.807, 2.05) is 6.07 Å². The molecule has 110 valence electrons. The molecule has 3 aliphatic rings. The Morgan fingerprint density at radius 2 is 1.82 bits per heavy atom. The largest absolute Gasteiger partial charge is 0.491 e. The van der Waals surface area contributed by atoms with Gasteiger partial charge < -0.3 is 9.47 Å². The van der Waals surface area contributed by atoms with E-state index in [0.717, 1.165) is 33.5 Å². The van der Waals surface area contributed by atoms with Crippen molar-refractivity contribution in [2.24, 2.45) is 0 Å². The second-order valence-electron chi connectivity index (χ2n) is 5.81. The third kappa shape index (κ3) is 1.60. The van der Waals surface area contributed by atoms with E-state index in [0.29, 0.717) is 12.5 Å². The van der Waals surface area contributed by atoms with Crippen molar-refractivity contribution in [1.29, 1.82) is 0 Å². The van der Waals surface area contributed by atoms with Gasteiger partial charge in [-0.1, -0.05) is 18.2 Å². The molecule has 22 heavy (non-hydrogen) atoms. The quantitative estimate of drug-likeness (QED) is 0.569. The molecular formula is C18H12Br2O2. The zero-order chi connectivity index (χ0) is 14.8. The average molecular weight is 420 g/mol. The fraction of sp³-hybridized carbons (Fsp3) is 0.222. The predicted octanol–water partition coefficient (Wildman–Crippen LogP) is 5.39. The Balaban J connectivity index is 1.85. The van der Waals surface area contributed by atoms with Gasteiger partial charge in [0.25, 0.3) is 0 Å². The zero-order valence-electron chi connectivity index (χ0n) is 11.7. The summed E-state index contributed by atoms with van der Waals surface area (Å²) in [6.45, 7) is 1.44. The van der Waals surface area contributed by atoms with Crippen molar-refractivity contribution in [3.8, 4) is 11.5 Å². The second-order valence-corrected chi connectivity index (χ2v) is 7.52. The zero-order valence-corrected chi connectivity index (χ0v) is 14.8. The number of halogens is 2. The van der Waals surface area contributed by atoms with Gasteiger partial charge in [-0.2, -0.15) is 0 Å². The molecule has 0 N–H and O–H groups in total. The van der Waals surface area contributed by atoms with Gasteiger partial charge in [0.15, 0.2) is 0 Å². The molecule has 0 aromatic heterocycles. The molecule has 2 heterocycles. The Labute approximate surface area is 145 Å². The maximum atomic E-state index is 6.07. The van der Waals surface area contributed by atoms with E-state index in [1.165, 1.54) is 27.8 Å². The highest BCUT2D eigenvalue weighted by Crippen LogP contribution is 2.58. The number of benzene rings is 2. The summed E-state index contributed by atoms with van der Waals surface area (Å²) in [5.74, 6) is 2.29. The topological polar surface area (TPSA) is 18.5 Å². The van der Waals surface area contributed by atoms with Crippen LogP contribution in [0.2, 0.25) is 0 Å². The molecule has 1 aliphatic carbocycles. The highest BCUT2D eigenvalue weighted by molar-refractivity contribution is 9.10. The first-order valence-corrected chi connectivity index (χ1v) is 8.94. The summed E-state index contributed by atoms with van der Waals surface area (Å²) in [6.07, 6.45) is 0.967. The molecule has 5 rings (SSSR count). The Morgan fingerprint density at radius 1 is 0.955 bits per heavy atom. The van der Waals surface area contributed by atoms with Crippen LogP contribution in [0.5, 0.6) is 11.5 Å². The molecule has 0 amide bonds. The minimum Gasteiger partial charge on any atom is -0.491 e. The molecule has 2 aromatic carbocycles. The molecule has 4 heteroatoms. The minimum absolute atomic E-state index is 0.320. The molecule has 0 bridgehead atoms. The van der Waals surface area contributed by atoms with Crippen molar-refractivity contribution < 1.29 is 9.47 Å². The highest BCUT2D eigenvalue weighted by atomic mass is 79.9. The molecule has 1 atom stereocenters. The monoisotopic (exact) mass is 418 g/mol. The number of ether oxygens (including phenoxy) is 2. The SMILES string of the molecule is Brc1cccc2c1OCC1C2=C2CCOc3c(Br)ccc1c32. The van der Waals surface area contributed by atoms with E-state index in [1.54, 1.807) is 0 Å². The maximum Gasteiger partial charge on any atom is 0.141 e. The molecule has 0 saturated carbocycles. The summed E-state index contributed by atoms with van der Waals surface area (Å²) in [6, 6.07) is 10.6. The first-order chi connectivity index (χ1) is 10.8. The van der Waals surface area contributed by atoms with Gasteiger partial charge in [-0.25, -0.2) is 0 Å². The van der Waals surface area contributed by atoms with Crippen LogP contribution in [-0.4, -0.2) is 13.2 Å². The first kappa shape index (κ1) is 13.2. The smallest absolute Gasteiger partial charge is 0.141 e. The molecular weight excluding hydrogens is 408 g/mol. The van der Waals surface area contributed by atoms with Gasteiger partial charge in [0.1, 0.15) is 11.5 Å². The third-order valence-corrected chi connectivity index (χ3v) is 5.99. The lowest BCUT2D eigenvalue weighted by molar-refractivity contribution is 0.296. The second kappa shape index (κ2) is 4.62. The summed E-state index contributed by atoms with van der Waals surface area (Å²) in [5, 5.41) is 0. The lowest BCUT2D eigenvalue weighted by Gasteiger charge is -2.27. The molecule has 0 spiro atoms. The standard InChI is InChI=1S/C18H12Br2O2/c19-13-3-1-2-11-15-10-6-7-21-18-14(20)5-4-9(16(10)18)12(15)8-22-17(11)13/h1-5,12H,6-8H2. The van der Waals surface area contributed by atoms with Crippen LogP contribution >= 0.6 is 31.9 Å². The van der Waals surface area contributed by atoms with Gasteiger partial charge in [0.05, 0.1) is 22.2 Å². The number of para-hydroxylation sites is 1. The molecule has 0 radical (unpaired) electrons. The van der Waals surface area contributed by atoms with E-state index in [2.05, 4.69) is 56.1 Å². The van der Waals surface area contributed by atoms with Crippen LogP contribution in [0.4, 0.5) is 0 Å². The van der Waals surface area contributed by atoms with Crippen molar-refractivity contribution in [3.05, 3.63) is 56.0 Å². The van der Waals surface area contributed by atoms with Gasteiger partial charge in [0, 0.05) is 23.5 Å².